The molecule has 0 aliphatic carbocycles. The summed E-state index contributed by atoms with van der Waals surface area (Å²) < 4.78 is 13.0. The van der Waals surface area contributed by atoms with E-state index in [2.05, 4.69) is 15.0 Å². The summed E-state index contributed by atoms with van der Waals surface area (Å²) in [6.07, 6.45) is 1.17. The van der Waals surface area contributed by atoms with Gasteiger partial charge in [-0.2, -0.15) is 0 Å². The van der Waals surface area contributed by atoms with E-state index in [0.717, 1.165) is 11.1 Å². The number of benzene rings is 1. The van der Waals surface area contributed by atoms with Gasteiger partial charge in [0.1, 0.15) is 11.6 Å². The minimum Gasteiger partial charge on any atom is -0.336 e. The first-order valence-corrected chi connectivity index (χ1v) is 5.31. The van der Waals surface area contributed by atoms with Gasteiger partial charge in [0.15, 0.2) is 5.65 Å². The van der Waals surface area contributed by atoms with Gasteiger partial charge in [-0.15, -0.1) is 0 Å². The molecule has 0 saturated carbocycles. The Hall–Kier alpha value is -2.23. The SMILES string of the molecule is Cc1cccc(-c2nc3ncc(F)cc3[nH]2)c1. The highest BCUT2D eigenvalue weighted by atomic mass is 19.1. The third kappa shape index (κ3) is 1.78. The van der Waals surface area contributed by atoms with Crippen molar-refractivity contribution >= 4 is 11.2 Å². The number of halogens is 1. The van der Waals surface area contributed by atoms with Crippen LogP contribution in [0.5, 0.6) is 0 Å². The van der Waals surface area contributed by atoms with Crippen LogP contribution in [0.15, 0.2) is 36.5 Å². The predicted octanol–water partition coefficient (Wildman–Crippen LogP) is 3.07. The average Bonchev–Trinajstić information content (AvgIpc) is 2.72. The van der Waals surface area contributed by atoms with E-state index >= 15 is 0 Å². The fourth-order valence-corrected chi connectivity index (χ4v) is 1.80. The van der Waals surface area contributed by atoms with Gasteiger partial charge in [0, 0.05) is 11.6 Å². The van der Waals surface area contributed by atoms with Crippen LogP contribution in [-0.4, -0.2) is 15.0 Å². The maximum Gasteiger partial charge on any atom is 0.178 e. The molecular formula is C13H10FN3. The fourth-order valence-electron chi connectivity index (χ4n) is 1.80. The largest absolute Gasteiger partial charge is 0.336 e. The van der Waals surface area contributed by atoms with Gasteiger partial charge < -0.3 is 4.98 Å². The van der Waals surface area contributed by atoms with Crippen LogP contribution in [0.4, 0.5) is 4.39 Å². The zero-order valence-electron chi connectivity index (χ0n) is 9.24. The van der Waals surface area contributed by atoms with Crippen LogP contribution in [-0.2, 0) is 0 Å². The standard InChI is InChI=1S/C13H10FN3/c1-8-3-2-4-9(5-8)12-16-11-6-10(14)7-15-13(11)17-12/h2-7H,1H3,(H,15,16,17). The zero-order chi connectivity index (χ0) is 11.8. The van der Waals surface area contributed by atoms with E-state index in [1.807, 2.05) is 31.2 Å². The number of aryl methyl sites for hydroxylation is 1. The van der Waals surface area contributed by atoms with E-state index in [9.17, 15) is 4.39 Å². The number of rotatable bonds is 1. The zero-order valence-corrected chi connectivity index (χ0v) is 9.24. The van der Waals surface area contributed by atoms with Crippen LogP contribution < -0.4 is 0 Å². The molecule has 4 heteroatoms. The molecule has 84 valence electrons. The molecule has 0 aliphatic heterocycles. The monoisotopic (exact) mass is 227 g/mol. The molecule has 3 rings (SSSR count). The van der Waals surface area contributed by atoms with Crippen molar-refractivity contribution in [1.29, 1.82) is 0 Å². The summed E-state index contributed by atoms with van der Waals surface area (Å²) in [7, 11) is 0. The van der Waals surface area contributed by atoms with Crippen LogP contribution in [0, 0.1) is 12.7 Å². The number of hydrogen-bond donors (Lipinski definition) is 1. The van der Waals surface area contributed by atoms with Crippen molar-refractivity contribution in [3.05, 3.63) is 47.9 Å². The van der Waals surface area contributed by atoms with Crippen molar-refractivity contribution in [3.8, 4) is 11.4 Å². The van der Waals surface area contributed by atoms with Crippen molar-refractivity contribution in [3.63, 3.8) is 0 Å². The molecule has 0 aliphatic rings. The van der Waals surface area contributed by atoms with Crippen LogP contribution in [0.1, 0.15) is 5.56 Å². The Morgan fingerprint density at radius 2 is 2.12 bits per heavy atom. The van der Waals surface area contributed by atoms with E-state index in [0.29, 0.717) is 17.0 Å². The van der Waals surface area contributed by atoms with E-state index in [1.54, 1.807) is 0 Å². The number of fused-ring (bicyclic) bond motifs is 1. The molecule has 1 aromatic carbocycles. The van der Waals surface area contributed by atoms with Crippen LogP contribution >= 0.6 is 0 Å². The molecule has 1 N–H and O–H groups in total. The highest BCUT2D eigenvalue weighted by molar-refractivity contribution is 5.75. The molecule has 2 aromatic heterocycles. The summed E-state index contributed by atoms with van der Waals surface area (Å²) in [5.74, 6) is 0.346. The molecule has 0 bridgehead atoms. The summed E-state index contributed by atoms with van der Waals surface area (Å²) in [5, 5.41) is 0. The van der Waals surface area contributed by atoms with Crippen LogP contribution in [0.2, 0.25) is 0 Å². The van der Waals surface area contributed by atoms with Gasteiger partial charge >= 0.3 is 0 Å². The first kappa shape index (κ1) is 9.96. The van der Waals surface area contributed by atoms with Gasteiger partial charge in [-0.25, -0.2) is 14.4 Å². The Morgan fingerprint density at radius 1 is 1.24 bits per heavy atom. The Labute approximate surface area is 97.3 Å². The molecular weight excluding hydrogens is 217 g/mol. The minimum absolute atomic E-state index is 0.364. The molecule has 3 nitrogen and oxygen atoms in total. The molecule has 0 amide bonds. The van der Waals surface area contributed by atoms with Gasteiger partial charge in [-0.3, -0.25) is 0 Å². The molecule has 0 saturated heterocycles. The number of H-pyrrole nitrogens is 1. The first-order valence-electron chi connectivity index (χ1n) is 5.31. The minimum atomic E-state index is -0.364. The number of pyridine rings is 1. The highest BCUT2D eigenvalue weighted by Gasteiger charge is 2.06. The maximum absolute atomic E-state index is 13.0. The lowest BCUT2D eigenvalue weighted by molar-refractivity contribution is 0.624. The number of imidazole rings is 1. The molecule has 0 radical (unpaired) electrons. The average molecular weight is 227 g/mol. The van der Waals surface area contributed by atoms with Crippen molar-refractivity contribution in [2.45, 2.75) is 6.92 Å². The molecule has 17 heavy (non-hydrogen) atoms. The van der Waals surface area contributed by atoms with Crippen molar-refractivity contribution in [2.24, 2.45) is 0 Å². The topological polar surface area (TPSA) is 41.6 Å². The second-order valence-corrected chi connectivity index (χ2v) is 3.98. The maximum atomic E-state index is 13.0. The van der Waals surface area contributed by atoms with Crippen LogP contribution in [0.25, 0.3) is 22.6 Å². The lowest BCUT2D eigenvalue weighted by atomic mass is 10.1. The van der Waals surface area contributed by atoms with Crippen LogP contribution in [0.3, 0.4) is 0 Å². The highest BCUT2D eigenvalue weighted by Crippen LogP contribution is 2.20. The Kier molecular flexibility index (Phi) is 2.14. The second kappa shape index (κ2) is 3.66. The molecule has 0 fully saturated rings. The van der Waals surface area contributed by atoms with Crippen molar-refractivity contribution < 1.29 is 4.39 Å². The van der Waals surface area contributed by atoms with Crippen molar-refractivity contribution in [2.75, 3.05) is 0 Å². The third-order valence-electron chi connectivity index (χ3n) is 2.60. The van der Waals surface area contributed by atoms with E-state index < -0.39 is 0 Å². The molecule has 3 aromatic rings. The number of nitrogens with zero attached hydrogens (tertiary/aromatic N) is 2. The van der Waals surface area contributed by atoms with Gasteiger partial charge in [-0.05, 0) is 13.0 Å². The first-order chi connectivity index (χ1) is 8.22. The van der Waals surface area contributed by atoms with E-state index in [1.165, 1.54) is 12.3 Å². The summed E-state index contributed by atoms with van der Waals surface area (Å²) in [5.41, 5.74) is 3.27. The number of aromatic amines is 1. The van der Waals surface area contributed by atoms with Crippen molar-refractivity contribution in [1.82, 2.24) is 15.0 Å². The Morgan fingerprint density at radius 3 is 2.94 bits per heavy atom. The molecule has 0 spiro atoms. The van der Waals surface area contributed by atoms with Gasteiger partial charge in [-0.1, -0.05) is 23.8 Å². The van der Waals surface area contributed by atoms with Gasteiger partial charge in [0.05, 0.1) is 11.7 Å². The lowest BCUT2D eigenvalue weighted by Gasteiger charge is -1.97. The smallest absolute Gasteiger partial charge is 0.178 e. The summed E-state index contributed by atoms with van der Waals surface area (Å²) in [6.45, 7) is 2.02. The Bertz CT molecular complexity index is 688. The summed E-state index contributed by atoms with van der Waals surface area (Å²) >= 11 is 0. The quantitative estimate of drug-likeness (QED) is 0.694. The summed E-state index contributed by atoms with van der Waals surface area (Å²) in [6, 6.07) is 9.36. The Balaban J connectivity index is 2.18. The van der Waals surface area contributed by atoms with Gasteiger partial charge in [0.25, 0.3) is 0 Å². The molecule has 0 atom stereocenters. The normalized spacial score (nSPS) is 10.9. The third-order valence-corrected chi connectivity index (χ3v) is 2.60. The number of hydrogen-bond acceptors (Lipinski definition) is 2. The fraction of sp³-hybridized carbons (Fsp3) is 0.0769. The van der Waals surface area contributed by atoms with E-state index in [-0.39, 0.29) is 5.82 Å². The van der Waals surface area contributed by atoms with Gasteiger partial charge in [0.2, 0.25) is 0 Å². The number of aromatic nitrogens is 3. The summed E-state index contributed by atoms with van der Waals surface area (Å²) in [4.78, 5) is 11.3. The second-order valence-electron chi connectivity index (χ2n) is 3.98. The lowest BCUT2D eigenvalue weighted by Crippen LogP contribution is -1.81. The molecule has 0 unspecified atom stereocenters. The molecule has 2 heterocycles. The van der Waals surface area contributed by atoms with E-state index in [4.69, 9.17) is 0 Å². The number of nitrogens with one attached hydrogen (secondary N) is 1. The predicted molar refractivity (Wildman–Crippen MR) is 64.0 cm³/mol.